The molecular formula is C10H22N2O4S. The summed E-state index contributed by atoms with van der Waals surface area (Å²) in [5, 5.41) is 0. The molecule has 1 rings (SSSR count). The summed E-state index contributed by atoms with van der Waals surface area (Å²) >= 11 is 0. The van der Waals surface area contributed by atoms with Crippen LogP contribution in [0.2, 0.25) is 0 Å². The highest BCUT2D eigenvalue weighted by Crippen LogP contribution is 2.16. The standard InChI is InChI=1S/C10H22N2O4S/c1-15-8-9-17(13,14)12-5-2-10(3-6-12)16-7-4-11/h10H,2-9,11H2,1H3. The fourth-order valence-corrected chi connectivity index (χ4v) is 3.23. The first-order valence-electron chi connectivity index (χ1n) is 5.88. The second kappa shape index (κ2) is 7.27. The molecule has 1 heterocycles. The monoisotopic (exact) mass is 266 g/mol. The summed E-state index contributed by atoms with van der Waals surface area (Å²) in [6.07, 6.45) is 1.63. The van der Waals surface area contributed by atoms with Crippen molar-refractivity contribution in [2.45, 2.75) is 18.9 Å². The predicted octanol–water partition coefficient (Wildman–Crippen LogP) is -0.598. The van der Waals surface area contributed by atoms with Gasteiger partial charge in [-0.05, 0) is 12.8 Å². The second-order valence-corrected chi connectivity index (χ2v) is 6.16. The summed E-state index contributed by atoms with van der Waals surface area (Å²) in [4.78, 5) is 0. The lowest BCUT2D eigenvalue weighted by molar-refractivity contribution is 0.0257. The third kappa shape index (κ3) is 4.89. The molecule has 0 amide bonds. The van der Waals surface area contributed by atoms with E-state index in [2.05, 4.69) is 0 Å². The number of hydrogen-bond donors (Lipinski definition) is 1. The lowest BCUT2D eigenvalue weighted by Crippen LogP contribution is -2.42. The van der Waals surface area contributed by atoms with Crippen LogP contribution in [0.4, 0.5) is 0 Å². The first kappa shape index (κ1) is 14.8. The third-order valence-electron chi connectivity index (χ3n) is 2.81. The number of rotatable bonds is 7. The zero-order valence-corrected chi connectivity index (χ0v) is 11.1. The molecule has 2 N–H and O–H groups in total. The zero-order valence-electron chi connectivity index (χ0n) is 10.3. The summed E-state index contributed by atoms with van der Waals surface area (Å²) in [6.45, 7) is 2.35. The van der Waals surface area contributed by atoms with Gasteiger partial charge in [-0.2, -0.15) is 0 Å². The van der Waals surface area contributed by atoms with Gasteiger partial charge in [0.05, 0.1) is 25.1 Å². The fourth-order valence-electron chi connectivity index (χ4n) is 1.83. The first-order chi connectivity index (χ1) is 8.10. The van der Waals surface area contributed by atoms with E-state index in [1.807, 2.05) is 0 Å². The Morgan fingerprint density at radius 2 is 1.94 bits per heavy atom. The Balaban J connectivity index is 2.35. The van der Waals surface area contributed by atoms with Gasteiger partial charge < -0.3 is 15.2 Å². The molecule has 0 bridgehead atoms. The molecule has 0 saturated carbocycles. The molecule has 0 spiro atoms. The van der Waals surface area contributed by atoms with E-state index in [1.165, 1.54) is 11.4 Å². The smallest absolute Gasteiger partial charge is 0.216 e. The van der Waals surface area contributed by atoms with E-state index in [-0.39, 0.29) is 18.5 Å². The predicted molar refractivity (Wildman–Crippen MR) is 65.3 cm³/mol. The molecule has 0 aliphatic carbocycles. The van der Waals surface area contributed by atoms with Crippen molar-refractivity contribution < 1.29 is 17.9 Å². The van der Waals surface area contributed by atoms with Gasteiger partial charge >= 0.3 is 0 Å². The van der Waals surface area contributed by atoms with Crippen LogP contribution in [0.15, 0.2) is 0 Å². The van der Waals surface area contributed by atoms with Gasteiger partial charge in [-0.3, -0.25) is 0 Å². The fraction of sp³-hybridized carbons (Fsp3) is 1.00. The summed E-state index contributed by atoms with van der Waals surface area (Å²) < 4.78 is 35.5. The molecule has 17 heavy (non-hydrogen) atoms. The van der Waals surface area contributed by atoms with Crippen LogP contribution in [0.1, 0.15) is 12.8 Å². The molecule has 7 heteroatoms. The van der Waals surface area contributed by atoms with Crippen LogP contribution >= 0.6 is 0 Å². The topological polar surface area (TPSA) is 81.9 Å². The van der Waals surface area contributed by atoms with E-state index in [0.29, 0.717) is 26.2 Å². The summed E-state index contributed by atoms with van der Waals surface area (Å²) in [5.41, 5.74) is 5.35. The highest BCUT2D eigenvalue weighted by atomic mass is 32.2. The van der Waals surface area contributed by atoms with Crippen LogP contribution in [-0.2, 0) is 19.5 Å². The minimum Gasteiger partial charge on any atom is -0.384 e. The van der Waals surface area contributed by atoms with Crippen LogP contribution in [0.3, 0.4) is 0 Å². The van der Waals surface area contributed by atoms with Crippen LogP contribution in [-0.4, -0.2) is 64.5 Å². The van der Waals surface area contributed by atoms with Gasteiger partial charge in [0.15, 0.2) is 0 Å². The highest BCUT2D eigenvalue weighted by Gasteiger charge is 2.27. The maximum absolute atomic E-state index is 11.9. The van der Waals surface area contributed by atoms with Gasteiger partial charge in [0, 0.05) is 26.7 Å². The molecule has 0 aromatic heterocycles. The van der Waals surface area contributed by atoms with Gasteiger partial charge in [-0.1, -0.05) is 0 Å². The number of ether oxygens (including phenoxy) is 2. The molecule has 1 saturated heterocycles. The zero-order chi connectivity index (χ0) is 12.7. The molecule has 1 fully saturated rings. The lowest BCUT2D eigenvalue weighted by Gasteiger charge is -2.31. The molecular weight excluding hydrogens is 244 g/mol. The van der Waals surface area contributed by atoms with Gasteiger partial charge in [0.25, 0.3) is 0 Å². The van der Waals surface area contributed by atoms with E-state index in [1.54, 1.807) is 0 Å². The molecule has 102 valence electrons. The minimum atomic E-state index is -3.16. The van der Waals surface area contributed by atoms with E-state index in [0.717, 1.165) is 12.8 Å². The quantitative estimate of drug-likeness (QED) is 0.665. The lowest BCUT2D eigenvalue weighted by atomic mass is 10.1. The highest BCUT2D eigenvalue weighted by molar-refractivity contribution is 7.89. The number of sulfonamides is 1. The average Bonchev–Trinajstić information content (AvgIpc) is 2.34. The van der Waals surface area contributed by atoms with Crippen molar-refractivity contribution in [3.63, 3.8) is 0 Å². The third-order valence-corrected chi connectivity index (χ3v) is 4.65. The Kier molecular flexibility index (Phi) is 6.35. The molecule has 0 atom stereocenters. The Hall–Kier alpha value is -0.210. The van der Waals surface area contributed by atoms with Crippen LogP contribution in [0.5, 0.6) is 0 Å². The average molecular weight is 266 g/mol. The van der Waals surface area contributed by atoms with Crippen molar-refractivity contribution in [1.29, 1.82) is 0 Å². The normalized spacial score (nSPS) is 19.6. The largest absolute Gasteiger partial charge is 0.384 e. The van der Waals surface area contributed by atoms with Crippen molar-refractivity contribution in [3.8, 4) is 0 Å². The molecule has 1 aliphatic rings. The Bertz CT molecular complexity index is 299. The van der Waals surface area contributed by atoms with Crippen molar-refractivity contribution in [1.82, 2.24) is 4.31 Å². The van der Waals surface area contributed by atoms with E-state index in [4.69, 9.17) is 15.2 Å². The maximum Gasteiger partial charge on any atom is 0.216 e. The molecule has 0 radical (unpaired) electrons. The molecule has 1 aliphatic heterocycles. The van der Waals surface area contributed by atoms with E-state index >= 15 is 0 Å². The van der Waals surface area contributed by atoms with Crippen molar-refractivity contribution in [2.24, 2.45) is 5.73 Å². The number of piperidine rings is 1. The van der Waals surface area contributed by atoms with Crippen molar-refractivity contribution in [3.05, 3.63) is 0 Å². The van der Waals surface area contributed by atoms with Crippen LogP contribution in [0.25, 0.3) is 0 Å². The van der Waals surface area contributed by atoms with Crippen molar-refractivity contribution in [2.75, 3.05) is 45.7 Å². The molecule has 0 aromatic carbocycles. The number of methoxy groups -OCH3 is 1. The van der Waals surface area contributed by atoms with Gasteiger partial charge in [0.2, 0.25) is 10.0 Å². The first-order valence-corrected chi connectivity index (χ1v) is 7.49. The van der Waals surface area contributed by atoms with E-state index in [9.17, 15) is 8.42 Å². The van der Waals surface area contributed by atoms with Gasteiger partial charge in [-0.25, -0.2) is 12.7 Å². The number of nitrogens with two attached hydrogens (primary N) is 1. The number of nitrogens with zero attached hydrogens (tertiary/aromatic N) is 1. The van der Waals surface area contributed by atoms with E-state index < -0.39 is 10.0 Å². The second-order valence-electron chi connectivity index (χ2n) is 4.07. The van der Waals surface area contributed by atoms with Crippen LogP contribution in [0, 0.1) is 0 Å². The molecule has 6 nitrogen and oxygen atoms in total. The minimum absolute atomic E-state index is 0.0534. The Labute approximate surface area is 103 Å². The van der Waals surface area contributed by atoms with Crippen molar-refractivity contribution >= 4 is 10.0 Å². The number of hydrogen-bond acceptors (Lipinski definition) is 5. The molecule has 0 unspecified atom stereocenters. The summed E-state index contributed by atoms with van der Waals surface area (Å²) in [6, 6.07) is 0. The SMILES string of the molecule is COCCS(=O)(=O)N1CCC(OCCN)CC1. The Morgan fingerprint density at radius 3 is 2.47 bits per heavy atom. The van der Waals surface area contributed by atoms with Crippen LogP contribution < -0.4 is 5.73 Å². The maximum atomic E-state index is 11.9. The summed E-state index contributed by atoms with van der Waals surface area (Å²) in [7, 11) is -1.66. The summed E-state index contributed by atoms with van der Waals surface area (Å²) in [5.74, 6) is 0.0534. The van der Waals surface area contributed by atoms with Gasteiger partial charge in [0.1, 0.15) is 0 Å². The van der Waals surface area contributed by atoms with Gasteiger partial charge in [-0.15, -0.1) is 0 Å². The Morgan fingerprint density at radius 1 is 1.29 bits per heavy atom. The molecule has 0 aromatic rings.